The number of methoxy groups -OCH3 is 1. The van der Waals surface area contributed by atoms with Crippen LogP contribution < -0.4 is 5.32 Å². The van der Waals surface area contributed by atoms with Crippen LogP contribution in [0.3, 0.4) is 0 Å². The molecular formula is C46H52N8O6. The first kappa shape index (κ1) is 40.3. The van der Waals surface area contributed by atoms with E-state index in [1.165, 1.54) is 14.2 Å². The molecule has 312 valence electrons. The van der Waals surface area contributed by atoms with Crippen LogP contribution in [0.2, 0.25) is 0 Å². The van der Waals surface area contributed by atoms with Gasteiger partial charge in [-0.1, -0.05) is 76.2 Å². The molecule has 2 aliphatic rings. The predicted molar refractivity (Wildman–Crippen MR) is 230 cm³/mol. The molecule has 0 aliphatic carbocycles. The molecule has 2 aliphatic heterocycles. The van der Waals surface area contributed by atoms with Crippen LogP contribution in [0.15, 0.2) is 72.8 Å². The Morgan fingerprint density at radius 3 is 1.95 bits per heavy atom. The number of ether oxygens (including phenoxy) is 1. The van der Waals surface area contributed by atoms with Gasteiger partial charge in [0.2, 0.25) is 11.8 Å². The summed E-state index contributed by atoms with van der Waals surface area (Å²) in [7, 11) is 2.75. The number of amides is 4. The largest absolute Gasteiger partial charge is 0.465 e. The number of fused-ring (bicyclic) bond motifs is 4. The van der Waals surface area contributed by atoms with E-state index >= 15 is 0 Å². The number of hydrogen-bond acceptors (Lipinski definition) is 7. The molecule has 60 heavy (non-hydrogen) atoms. The summed E-state index contributed by atoms with van der Waals surface area (Å²) in [6.07, 6.45) is 1.45. The zero-order chi connectivity index (χ0) is 42.4. The Kier molecular flexibility index (Phi) is 11.0. The van der Waals surface area contributed by atoms with Crippen LogP contribution in [0.1, 0.15) is 77.1 Å². The molecular weight excluding hydrogens is 761 g/mol. The van der Waals surface area contributed by atoms with Crippen LogP contribution in [-0.2, 0) is 14.3 Å². The number of carboxylic acid groups (broad SMARTS) is 1. The molecule has 4 N–H and O–H groups in total. The van der Waals surface area contributed by atoms with Crippen LogP contribution in [0, 0.1) is 11.8 Å². The van der Waals surface area contributed by atoms with Crippen LogP contribution in [0.4, 0.5) is 9.59 Å². The van der Waals surface area contributed by atoms with Gasteiger partial charge in [0.05, 0.1) is 41.3 Å². The summed E-state index contributed by atoms with van der Waals surface area (Å²) < 4.78 is 4.79. The minimum absolute atomic E-state index is 0.113. The number of aromatic amines is 2. The molecule has 14 heteroatoms. The second-order valence-corrected chi connectivity index (χ2v) is 16.8. The molecule has 2 aromatic heterocycles. The molecule has 4 aromatic carbocycles. The third-order valence-electron chi connectivity index (χ3n) is 12.2. The van der Waals surface area contributed by atoms with Crippen LogP contribution >= 0.6 is 0 Å². The van der Waals surface area contributed by atoms with Crippen molar-refractivity contribution in [1.82, 2.24) is 40.0 Å². The number of nitrogens with zero attached hydrogens (tertiary/aromatic N) is 5. The number of likely N-dealkylation sites (N-methyl/N-ethyl adjacent to an activating group) is 1. The van der Waals surface area contributed by atoms with Gasteiger partial charge in [0, 0.05) is 25.5 Å². The molecule has 0 spiro atoms. The van der Waals surface area contributed by atoms with Crippen LogP contribution in [-0.4, -0.2) is 103 Å². The molecule has 4 amide bonds. The molecule has 4 atom stereocenters. The number of benzene rings is 4. The quantitative estimate of drug-likeness (QED) is 0.107. The molecule has 0 radical (unpaired) electrons. The molecule has 2 saturated heterocycles. The van der Waals surface area contributed by atoms with E-state index < -0.39 is 24.3 Å². The molecule has 0 bridgehead atoms. The van der Waals surface area contributed by atoms with Gasteiger partial charge in [-0.3, -0.25) is 14.5 Å². The van der Waals surface area contributed by atoms with Gasteiger partial charge in [0.15, 0.2) is 0 Å². The van der Waals surface area contributed by atoms with Crippen molar-refractivity contribution in [3.8, 4) is 22.3 Å². The van der Waals surface area contributed by atoms with Gasteiger partial charge in [-0.05, 0) is 89.4 Å². The van der Waals surface area contributed by atoms with Crippen molar-refractivity contribution in [3.63, 3.8) is 0 Å². The van der Waals surface area contributed by atoms with Gasteiger partial charge < -0.3 is 34.9 Å². The number of likely N-dealkylation sites (tertiary alicyclic amines) is 2. The van der Waals surface area contributed by atoms with E-state index in [9.17, 15) is 24.3 Å². The Morgan fingerprint density at radius 2 is 1.33 bits per heavy atom. The minimum atomic E-state index is -1.12. The van der Waals surface area contributed by atoms with E-state index in [2.05, 4.69) is 75.9 Å². The molecule has 4 heterocycles. The van der Waals surface area contributed by atoms with Gasteiger partial charge >= 0.3 is 12.2 Å². The summed E-state index contributed by atoms with van der Waals surface area (Å²) in [5.74, 6) is 0.834. The number of carbonyl (C=O) groups excluding carboxylic acids is 3. The molecule has 2 fully saturated rings. The maximum Gasteiger partial charge on any atom is 0.407 e. The van der Waals surface area contributed by atoms with Crippen molar-refractivity contribution in [2.24, 2.45) is 11.8 Å². The Balaban J connectivity index is 0.996. The van der Waals surface area contributed by atoms with Gasteiger partial charge in [-0.2, -0.15) is 0 Å². The summed E-state index contributed by atoms with van der Waals surface area (Å²) >= 11 is 0. The summed E-state index contributed by atoms with van der Waals surface area (Å²) in [4.78, 5) is 72.9. The number of hydrogen-bond donors (Lipinski definition) is 4. The first-order chi connectivity index (χ1) is 28.8. The van der Waals surface area contributed by atoms with E-state index in [1.54, 1.807) is 4.90 Å². The van der Waals surface area contributed by atoms with Gasteiger partial charge in [-0.25, -0.2) is 19.6 Å². The van der Waals surface area contributed by atoms with Crippen molar-refractivity contribution < 1.29 is 29.0 Å². The highest BCUT2D eigenvalue weighted by atomic mass is 16.5. The highest BCUT2D eigenvalue weighted by molar-refractivity contribution is 6.05. The topological polar surface area (TPSA) is 177 Å². The summed E-state index contributed by atoms with van der Waals surface area (Å²) in [5, 5.41) is 14.5. The molecule has 1 unspecified atom stereocenters. The van der Waals surface area contributed by atoms with E-state index in [4.69, 9.17) is 14.7 Å². The Morgan fingerprint density at radius 1 is 0.750 bits per heavy atom. The van der Waals surface area contributed by atoms with Crippen LogP contribution in [0.25, 0.3) is 55.1 Å². The van der Waals surface area contributed by atoms with Crippen molar-refractivity contribution in [2.75, 3.05) is 27.2 Å². The fourth-order valence-corrected chi connectivity index (χ4v) is 9.08. The zero-order valence-electron chi connectivity index (χ0n) is 34.9. The fourth-order valence-electron chi connectivity index (χ4n) is 9.08. The lowest BCUT2D eigenvalue weighted by Gasteiger charge is -2.33. The fraction of sp³-hybridized carbons (Fsp3) is 0.391. The second kappa shape index (κ2) is 16.3. The average molecular weight is 813 g/mol. The molecule has 14 nitrogen and oxygen atoms in total. The van der Waals surface area contributed by atoms with Crippen LogP contribution in [0.5, 0.6) is 0 Å². The lowest BCUT2D eigenvalue weighted by molar-refractivity contribution is -0.138. The predicted octanol–water partition coefficient (Wildman–Crippen LogP) is 8.27. The maximum atomic E-state index is 13.7. The smallest absolute Gasteiger partial charge is 0.407 e. The normalized spacial score (nSPS) is 17.9. The Bertz CT molecular complexity index is 2600. The third-order valence-corrected chi connectivity index (χ3v) is 12.2. The number of aromatic nitrogens is 4. The number of alkyl carbamates (subject to hydrolysis) is 1. The van der Waals surface area contributed by atoms with Gasteiger partial charge in [-0.15, -0.1) is 0 Å². The average Bonchev–Trinajstić information content (AvgIpc) is 4.07. The Labute approximate surface area is 348 Å². The summed E-state index contributed by atoms with van der Waals surface area (Å²) in [5.41, 5.74) is 7.67. The van der Waals surface area contributed by atoms with E-state index in [-0.39, 0.29) is 35.7 Å². The Hall–Kier alpha value is -6.44. The number of carbonyl (C=O) groups is 4. The third kappa shape index (κ3) is 7.50. The molecule has 0 saturated carbocycles. The van der Waals surface area contributed by atoms with Crippen molar-refractivity contribution >= 4 is 56.8 Å². The molecule has 8 rings (SSSR count). The standard InChI is InChI=1S/C46H52N8O6/c1-25(2)38(51-45(57)60-6)43(55)53-21-7-10-37(53)42-48-34-20-17-31-23-29(15-18-32(31)39(34)50-42)27-11-13-28(14-12-27)30-16-19-33-35(24-30)49-41(47-33)36-9-8-22-54(36)44(56)40(26(3)4)52(5)46(58)59/h11-20,23-26,36-38,40H,7-10,21-22H2,1-6H3,(H,47,49)(H,48,50)(H,51,57)(H,58,59)/t36-,37?,38-,40-/m0/s1. The van der Waals surface area contributed by atoms with E-state index in [1.807, 2.05) is 44.7 Å². The number of H-pyrrole nitrogens is 2. The number of rotatable bonds is 10. The highest BCUT2D eigenvalue weighted by Gasteiger charge is 2.40. The first-order valence-electron chi connectivity index (χ1n) is 20.8. The first-order valence-corrected chi connectivity index (χ1v) is 20.8. The zero-order valence-corrected chi connectivity index (χ0v) is 34.9. The van der Waals surface area contributed by atoms with Gasteiger partial charge in [0.25, 0.3) is 0 Å². The van der Waals surface area contributed by atoms with Gasteiger partial charge in [0.1, 0.15) is 23.7 Å². The monoisotopic (exact) mass is 812 g/mol. The number of nitrogens with one attached hydrogen (secondary N) is 3. The van der Waals surface area contributed by atoms with Crippen molar-refractivity contribution in [1.29, 1.82) is 0 Å². The van der Waals surface area contributed by atoms with E-state index in [0.717, 1.165) is 91.5 Å². The second-order valence-electron chi connectivity index (χ2n) is 16.8. The van der Waals surface area contributed by atoms with E-state index in [0.29, 0.717) is 18.9 Å². The number of imidazole rings is 2. The lowest BCUT2D eigenvalue weighted by Crippen LogP contribution is -2.51. The summed E-state index contributed by atoms with van der Waals surface area (Å²) in [6.45, 7) is 8.70. The highest BCUT2D eigenvalue weighted by Crippen LogP contribution is 2.37. The SMILES string of the molecule is COC(=O)N[C@H](C(=O)N1CCCC1c1nc2ccc3cc(-c4ccc(-c5ccc6[nH]c([C@@H]7CCCN7C(=O)[C@H](C(C)C)N(C)C(=O)O)nc6c5)cc4)ccc3c2[nH]1)C(C)C. The van der Waals surface area contributed by atoms with Crippen molar-refractivity contribution in [3.05, 3.63) is 84.4 Å². The molecule has 6 aromatic rings. The minimum Gasteiger partial charge on any atom is -0.465 e. The summed E-state index contributed by atoms with van der Waals surface area (Å²) in [6, 6.07) is 23.2. The lowest BCUT2D eigenvalue weighted by atomic mass is 9.98. The maximum absolute atomic E-state index is 13.7. The van der Waals surface area contributed by atoms with Crippen molar-refractivity contribution in [2.45, 2.75) is 77.5 Å².